The molecule has 0 saturated heterocycles. The first-order valence-electron chi connectivity index (χ1n) is 6.04. The first-order chi connectivity index (χ1) is 8.90. The van der Waals surface area contributed by atoms with Crippen LogP contribution in [-0.4, -0.2) is 25.7 Å². The Morgan fingerprint density at radius 2 is 1.89 bits per heavy atom. The molecule has 0 atom stereocenters. The predicted octanol–water partition coefficient (Wildman–Crippen LogP) is 2.06. The summed E-state index contributed by atoms with van der Waals surface area (Å²) in [6, 6.07) is 3.60. The van der Waals surface area contributed by atoms with Gasteiger partial charge in [0.1, 0.15) is 4.90 Å². The molecule has 0 aromatic heterocycles. The lowest BCUT2D eigenvalue weighted by molar-refractivity contribution is 0.120. The normalized spacial score (nSPS) is 24.4. The summed E-state index contributed by atoms with van der Waals surface area (Å²) in [5.74, 6) is -0.937. The van der Waals surface area contributed by atoms with Gasteiger partial charge in [-0.25, -0.2) is 17.5 Å². The molecule has 2 N–H and O–H groups in total. The molecule has 0 aliphatic heterocycles. The van der Waals surface area contributed by atoms with E-state index in [1.165, 1.54) is 18.2 Å². The molecule has 0 heterocycles. The summed E-state index contributed by atoms with van der Waals surface area (Å²) in [4.78, 5) is -0.439. The number of hydrogen-bond donors (Lipinski definition) is 2. The first-order valence-corrected chi connectivity index (χ1v) is 7.90. The molecule has 0 spiro atoms. The van der Waals surface area contributed by atoms with Crippen LogP contribution in [0.25, 0.3) is 0 Å². The van der Waals surface area contributed by atoms with E-state index in [1.807, 2.05) is 0 Å². The zero-order chi connectivity index (χ0) is 14.0. The second-order valence-corrected chi connectivity index (χ2v) is 6.77. The van der Waals surface area contributed by atoms with Crippen molar-refractivity contribution >= 4 is 21.6 Å². The van der Waals surface area contributed by atoms with Gasteiger partial charge in [-0.15, -0.1) is 0 Å². The molecule has 1 aromatic rings. The minimum atomic E-state index is -3.92. The largest absolute Gasteiger partial charge is 0.393 e. The summed E-state index contributed by atoms with van der Waals surface area (Å²) >= 11 is 5.58. The van der Waals surface area contributed by atoms with Crippen LogP contribution < -0.4 is 4.72 Å². The van der Waals surface area contributed by atoms with E-state index in [0.29, 0.717) is 25.7 Å². The van der Waals surface area contributed by atoms with E-state index in [0.717, 1.165) is 0 Å². The van der Waals surface area contributed by atoms with Gasteiger partial charge in [0.05, 0.1) is 11.1 Å². The van der Waals surface area contributed by atoms with Crippen LogP contribution in [0.5, 0.6) is 0 Å². The van der Waals surface area contributed by atoms with Crippen LogP contribution in [-0.2, 0) is 10.0 Å². The molecule has 7 heteroatoms. The number of aliphatic hydroxyl groups is 1. The molecule has 4 nitrogen and oxygen atoms in total. The molecule has 0 amide bonds. The molecular formula is C12H15ClFNO3S. The highest BCUT2D eigenvalue weighted by Crippen LogP contribution is 2.24. The third kappa shape index (κ3) is 3.45. The molecule has 1 aromatic carbocycles. The van der Waals surface area contributed by atoms with Crippen LogP contribution in [0.4, 0.5) is 4.39 Å². The first kappa shape index (κ1) is 14.7. The van der Waals surface area contributed by atoms with Gasteiger partial charge in [0.25, 0.3) is 0 Å². The average molecular weight is 308 g/mol. The molecule has 2 rings (SSSR count). The number of aliphatic hydroxyl groups excluding tert-OH is 1. The summed E-state index contributed by atoms with van der Waals surface area (Å²) in [6.45, 7) is 0. The molecule has 0 radical (unpaired) electrons. The Morgan fingerprint density at radius 1 is 1.26 bits per heavy atom. The fourth-order valence-electron chi connectivity index (χ4n) is 2.17. The fraction of sp³-hybridized carbons (Fsp3) is 0.500. The number of hydrogen-bond acceptors (Lipinski definition) is 3. The monoisotopic (exact) mass is 307 g/mol. The van der Waals surface area contributed by atoms with E-state index >= 15 is 0 Å². The molecule has 1 aliphatic carbocycles. The Kier molecular flexibility index (Phi) is 4.45. The second-order valence-electron chi connectivity index (χ2n) is 4.68. The zero-order valence-electron chi connectivity index (χ0n) is 10.1. The van der Waals surface area contributed by atoms with Crippen molar-refractivity contribution in [3.63, 3.8) is 0 Å². The van der Waals surface area contributed by atoms with Crippen LogP contribution in [0, 0.1) is 5.82 Å². The SMILES string of the molecule is O=S(=O)(NC1CCC(O)CC1)c1cccc(Cl)c1F. The maximum atomic E-state index is 13.7. The minimum Gasteiger partial charge on any atom is -0.393 e. The van der Waals surface area contributed by atoms with Crippen molar-refractivity contribution in [2.75, 3.05) is 0 Å². The Morgan fingerprint density at radius 3 is 2.53 bits per heavy atom. The maximum Gasteiger partial charge on any atom is 0.243 e. The van der Waals surface area contributed by atoms with Gasteiger partial charge >= 0.3 is 0 Å². The van der Waals surface area contributed by atoms with E-state index in [4.69, 9.17) is 11.6 Å². The van der Waals surface area contributed by atoms with Crippen molar-refractivity contribution in [3.8, 4) is 0 Å². The third-order valence-electron chi connectivity index (χ3n) is 3.22. The van der Waals surface area contributed by atoms with Crippen LogP contribution in [0.2, 0.25) is 5.02 Å². The minimum absolute atomic E-state index is 0.220. The lowest BCUT2D eigenvalue weighted by Crippen LogP contribution is -2.38. The highest BCUT2D eigenvalue weighted by atomic mass is 35.5. The van der Waals surface area contributed by atoms with E-state index in [-0.39, 0.29) is 17.2 Å². The smallest absolute Gasteiger partial charge is 0.243 e. The molecule has 1 saturated carbocycles. The van der Waals surface area contributed by atoms with Gasteiger partial charge in [0.15, 0.2) is 5.82 Å². The summed E-state index contributed by atoms with van der Waals surface area (Å²) in [5, 5.41) is 9.15. The van der Waals surface area contributed by atoms with Crippen molar-refractivity contribution in [3.05, 3.63) is 29.0 Å². The van der Waals surface area contributed by atoms with E-state index in [9.17, 15) is 17.9 Å². The van der Waals surface area contributed by atoms with Crippen molar-refractivity contribution in [1.29, 1.82) is 0 Å². The molecular weight excluding hydrogens is 293 g/mol. The van der Waals surface area contributed by atoms with Gasteiger partial charge < -0.3 is 5.11 Å². The standard InChI is InChI=1S/C12H15ClFNO3S/c13-10-2-1-3-11(12(10)14)19(17,18)15-8-4-6-9(16)7-5-8/h1-3,8-9,15-16H,4-7H2. The van der Waals surface area contributed by atoms with Gasteiger partial charge in [0.2, 0.25) is 10.0 Å². The zero-order valence-corrected chi connectivity index (χ0v) is 11.7. The highest BCUT2D eigenvalue weighted by Gasteiger charge is 2.27. The van der Waals surface area contributed by atoms with Crippen LogP contribution in [0.1, 0.15) is 25.7 Å². The quantitative estimate of drug-likeness (QED) is 0.898. The predicted molar refractivity (Wildman–Crippen MR) is 70.0 cm³/mol. The number of sulfonamides is 1. The van der Waals surface area contributed by atoms with Crippen molar-refractivity contribution < 1.29 is 17.9 Å². The van der Waals surface area contributed by atoms with Crippen molar-refractivity contribution in [2.24, 2.45) is 0 Å². The number of benzene rings is 1. The summed E-state index contributed by atoms with van der Waals surface area (Å²) in [7, 11) is -3.92. The number of rotatable bonds is 3. The lowest BCUT2D eigenvalue weighted by atomic mass is 9.94. The molecule has 19 heavy (non-hydrogen) atoms. The van der Waals surface area contributed by atoms with Gasteiger partial charge in [-0.05, 0) is 37.8 Å². The van der Waals surface area contributed by atoms with Gasteiger partial charge in [-0.1, -0.05) is 17.7 Å². The fourth-order valence-corrected chi connectivity index (χ4v) is 3.80. The van der Waals surface area contributed by atoms with Crippen LogP contribution in [0.15, 0.2) is 23.1 Å². The summed E-state index contributed by atoms with van der Waals surface area (Å²) < 4.78 is 40.4. The van der Waals surface area contributed by atoms with Gasteiger partial charge in [-0.2, -0.15) is 0 Å². The van der Waals surface area contributed by atoms with E-state index in [2.05, 4.69) is 4.72 Å². The topological polar surface area (TPSA) is 66.4 Å². The van der Waals surface area contributed by atoms with E-state index in [1.54, 1.807) is 0 Å². The molecule has 106 valence electrons. The van der Waals surface area contributed by atoms with E-state index < -0.39 is 20.7 Å². The average Bonchev–Trinajstić information content (AvgIpc) is 2.35. The highest BCUT2D eigenvalue weighted by molar-refractivity contribution is 7.89. The summed E-state index contributed by atoms with van der Waals surface area (Å²) in [6.07, 6.45) is 1.81. The van der Waals surface area contributed by atoms with Gasteiger partial charge in [0, 0.05) is 6.04 Å². The molecule has 1 fully saturated rings. The summed E-state index contributed by atoms with van der Waals surface area (Å²) in [5.41, 5.74) is 0. The number of nitrogens with one attached hydrogen (secondary N) is 1. The molecule has 0 bridgehead atoms. The number of halogens is 2. The third-order valence-corrected chi connectivity index (χ3v) is 5.05. The van der Waals surface area contributed by atoms with Crippen molar-refractivity contribution in [1.82, 2.24) is 4.72 Å². The van der Waals surface area contributed by atoms with Crippen LogP contribution >= 0.6 is 11.6 Å². The maximum absolute atomic E-state index is 13.7. The van der Waals surface area contributed by atoms with Gasteiger partial charge in [-0.3, -0.25) is 0 Å². The Hall–Kier alpha value is -0.690. The Bertz CT molecular complexity index is 556. The Labute approximate surface area is 116 Å². The van der Waals surface area contributed by atoms with Crippen LogP contribution in [0.3, 0.4) is 0 Å². The Balaban J connectivity index is 2.16. The molecule has 0 unspecified atom stereocenters. The van der Waals surface area contributed by atoms with Crippen molar-refractivity contribution in [2.45, 2.75) is 42.7 Å². The molecule has 1 aliphatic rings. The lowest BCUT2D eigenvalue weighted by Gasteiger charge is -2.26. The second kappa shape index (κ2) is 5.75.